The summed E-state index contributed by atoms with van der Waals surface area (Å²) in [6.07, 6.45) is 0.707. The molecule has 1 aromatic heterocycles. The van der Waals surface area contributed by atoms with Gasteiger partial charge in [0.15, 0.2) is 11.5 Å². The van der Waals surface area contributed by atoms with Gasteiger partial charge < -0.3 is 9.84 Å². The fraction of sp³-hybridized carbons (Fsp3) is 0.273. The molecule has 0 aliphatic heterocycles. The number of benzene rings is 1. The number of anilines is 1. The number of carbonyl (C=O) groups is 1. The number of hydrogen-bond acceptors (Lipinski definition) is 6. The van der Waals surface area contributed by atoms with Crippen molar-refractivity contribution in [3.8, 4) is 11.5 Å². The van der Waals surface area contributed by atoms with E-state index in [1.807, 2.05) is 6.92 Å². The topological polar surface area (TPSA) is 113 Å². The van der Waals surface area contributed by atoms with Crippen molar-refractivity contribution in [1.82, 2.24) is 20.6 Å². The first-order chi connectivity index (χ1) is 9.15. The van der Waals surface area contributed by atoms with E-state index in [0.29, 0.717) is 6.42 Å². The fourth-order valence-corrected chi connectivity index (χ4v) is 1.58. The number of amides is 1. The lowest BCUT2D eigenvalue weighted by molar-refractivity contribution is 0.102. The SMILES string of the molecule is CCc1cc(OC)c(O)c(C(=O)Nc2nn[nH]n2)c1. The second-order valence-electron chi connectivity index (χ2n) is 3.74. The van der Waals surface area contributed by atoms with E-state index < -0.39 is 5.91 Å². The number of aromatic amines is 1. The number of phenols is 1. The number of aromatic hydroxyl groups is 1. The van der Waals surface area contributed by atoms with Crippen molar-refractivity contribution < 1.29 is 14.6 Å². The third-order valence-electron chi connectivity index (χ3n) is 2.58. The van der Waals surface area contributed by atoms with Gasteiger partial charge in [0.1, 0.15) is 0 Å². The average Bonchev–Trinajstić information content (AvgIpc) is 2.91. The Hall–Kier alpha value is -2.64. The summed E-state index contributed by atoms with van der Waals surface area (Å²) in [5, 5.41) is 25.1. The van der Waals surface area contributed by atoms with E-state index in [2.05, 4.69) is 25.9 Å². The average molecular weight is 263 g/mol. The van der Waals surface area contributed by atoms with E-state index >= 15 is 0 Å². The van der Waals surface area contributed by atoms with Crippen molar-refractivity contribution in [1.29, 1.82) is 0 Å². The van der Waals surface area contributed by atoms with Gasteiger partial charge in [0.25, 0.3) is 11.9 Å². The first-order valence-corrected chi connectivity index (χ1v) is 5.60. The van der Waals surface area contributed by atoms with E-state index in [1.165, 1.54) is 7.11 Å². The number of phenolic OH excluding ortho intramolecular Hbond substituents is 1. The third kappa shape index (κ3) is 2.62. The molecule has 100 valence electrons. The van der Waals surface area contributed by atoms with Gasteiger partial charge in [0.2, 0.25) is 0 Å². The van der Waals surface area contributed by atoms with Crippen molar-refractivity contribution in [2.45, 2.75) is 13.3 Å². The monoisotopic (exact) mass is 263 g/mol. The second-order valence-corrected chi connectivity index (χ2v) is 3.74. The van der Waals surface area contributed by atoms with Crippen LogP contribution < -0.4 is 10.1 Å². The molecule has 3 N–H and O–H groups in total. The van der Waals surface area contributed by atoms with Crippen LogP contribution >= 0.6 is 0 Å². The Labute approximate surface area is 108 Å². The molecule has 2 rings (SSSR count). The molecule has 0 bridgehead atoms. The van der Waals surface area contributed by atoms with Crippen LogP contribution in [0.15, 0.2) is 12.1 Å². The molecule has 0 spiro atoms. The van der Waals surface area contributed by atoms with Crippen LogP contribution in [-0.4, -0.2) is 38.7 Å². The molecule has 1 heterocycles. The molecule has 0 saturated heterocycles. The van der Waals surface area contributed by atoms with Gasteiger partial charge in [-0.2, -0.15) is 5.21 Å². The van der Waals surface area contributed by atoms with Crippen molar-refractivity contribution >= 4 is 11.9 Å². The molecule has 1 aromatic carbocycles. The largest absolute Gasteiger partial charge is 0.504 e. The van der Waals surface area contributed by atoms with Crippen LogP contribution in [0.25, 0.3) is 0 Å². The summed E-state index contributed by atoms with van der Waals surface area (Å²) in [6, 6.07) is 3.27. The van der Waals surface area contributed by atoms with Crippen molar-refractivity contribution in [3.05, 3.63) is 23.3 Å². The van der Waals surface area contributed by atoms with Crippen LogP contribution in [0.3, 0.4) is 0 Å². The number of hydrogen-bond donors (Lipinski definition) is 3. The van der Waals surface area contributed by atoms with E-state index in [1.54, 1.807) is 12.1 Å². The number of tetrazole rings is 1. The highest BCUT2D eigenvalue weighted by atomic mass is 16.5. The Morgan fingerprint density at radius 1 is 1.53 bits per heavy atom. The van der Waals surface area contributed by atoms with Gasteiger partial charge in [-0.3, -0.25) is 10.1 Å². The van der Waals surface area contributed by atoms with Crippen molar-refractivity contribution in [2.24, 2.45) is 0 Å². The number of methoxy groups -OCH3 is 1. The normalized spacial score (nSPS) is 10.2. The molecule has 0 saturated carbocycles. The molecule has 0 fully saturated rings. The van der Waals surface area contributed by atoms with Gasteiger partial charge in [-0.1, -0.05) is 12.0 Å². The lowest BCUT2D eigenvalue weighted by atomic mass is 10.1. The summed E-state index contributed by atoms with van der Waals surface area (Å²) in [6.45, 7) is 1.94. The van der Waals surface area contributed by atoms with E-state index in [0.717, 1.165) is 5.56 Å². The summed E-state index contributed by atoms with van der Waals surface area (Å²) < 4.78 is 5.03. The number of ether oxygens (including phenoxy) is 1. The highest BCUT2D eigenvalue weighted by Gasteiger charge is 2.18. The summed E-state index contributed by atoms with van der Waals surface area (Å²) in [7, 11) is 1.43. The quantitative estimate of drug-likeness (QED) is 0.749. The predicted molar refractivity (Wildman–Crippen MR) is 66.2 cm³/mol. The van der Waals surface area contributed by atoms with Gasteiger partial charge in [0.05, 0.1) is 12.7 Å². The maximum absolute atomic E-state index is 12.0. The van der Waals surface area contributed by atoms with E-state index in [4.69, 9.17) is 4.74 Å². The molecule has 1 amide bonds. The van der Waals surface area contributed by atoms with Crippen LogP contribution in [-0.2, 0) is 6.42 Å². The van der Waals surface area contributed by atoms with Gasteiger partial charge in [0, 0.05) is 0 Å². The molecule has 2 aromatic rings. The molecule has 0 aliphatic carbocycles. The first-order valence-electron chi connectivity index (χ1n) is 5.60. The number of nitrogens with zero attached hydrogens (tertiary/aromatic N) is 3. The van der Waals surface area contributed by atoms with Crippen LogP contribution in [0, 0.1) is 0 Å². The Balaban J connectivity index is 2.35. The maximum Gasteiger partial charge on any atom is 0.270 e. The third-order valence-corrected chi connectivity index (χ3v) is 2.58. The number of aromatic nitrogens is 4. The molecule has 0 aliphatic rings. The standard InChI is InChI=1S/C11H13N5O3/c1-3-6-4-7(9(17)8(5-6)19-2)10(18)12-11-13-15-16-14-11/h4-5,17H,3H2,1-2H3,(H2,12,13,14,15,16,18). The number of nitrogens with one attached hydrogen (secondary N) is 2. The Morgan fingerprint density at radius 2 is 2.32 bits per heavy atom. The van der Waals surface area contributed by atoms with Crippen LogP contribution in [0.5, 0.6) is 11.5 Å². The van der Waals surface area contributed by atoms with Gasteiger partial charge >= 0.3 is 0 Å². The van der Waals surface area contributed by atoms with E-state index in [9.17, 15) is 9.90 Å². The summed E-state index contributed by atoms with van der Waals surface area (Å²) in [5.74, 6) is -0.476. The Morgan fingerprint density at radius 3 is 2.89 bits per heavy atom. The maximum atomic E-state index is 12.0. The number of H-pyrrole nitrogens is 1. The highest BCUT2D eigenvalue weighted by Crippen LogP contribution is 2.32. The van der Waals surface area contributed by atoms with Crippen molar-refractivity contribution in [3.63, 3.8) is 0 Å². The molecule has 0 atom stereocenters. The molecule has 0 unspecified atom stereocenters. The smallest absolute Gasteiger partial charge is 0.270 e. The molecule has 8 nitrogen and oxygen atoms in total. The highest BCUT2D eigenvalue weighted by molar-refractivity contribution is 6.05. The van der Waals surface area contributed by atoms with Gasteiger partial charge in [-0.25, -0.2) is 0 Å². The zero-order valence-corrected chi connectivity index (χ0v) is 10.5. The summed E-state index contributed by atoms with van der Waals surface area (Å²) >= 11 is 0. The van der Waals surface area contributed by atoms with E-state index in [-0.39, 0.29) is 23.0 Å². The lowest BCUT2D eigenvalue weighted by Gasteiger charge is -2.10. The number of carbonyl (C=O) groups excluding carboxylic acids is 1. The number of rotatable bonds is 4. The second kappa shape index (κ2) is 5.34. The Kier molecular flexibility index (Phi) is 3.60. The summed E-state index contributed by atoms with van der Waals surface area (Å²) in [4.78, 5) is 12.0. The molecular formula is C11H13N5O3. The van der Waals surface area contributed by atoms with Crippen LogP contribution in [0.1, 0.15) is 22.8 Å². The van der Waals surface area contributed by atoms with Crippen LogP contribution in [0.2, 0.25) is 0 Å². The lowest BCUT2D eigenvalue weighted by Crippen LogP contribution is -2.14. The minimum atomic E-state index is -0.535. The molecule has 0 radical (unpaired) electrons. The molecule has 19 heavy (non-hydrogen) atoms. The zero-order valence-electron chi connectivity index (χ0n) is 10.5. The minimum absolute atomic E-state index is 0.0327. The first kappa shape index (κ1) is 12.8. The van der Waals surface area contributed by atoms with Crippen LogP contribution in [0.4, 0.5) is 5.95 Å². The zero-order chi connectivity index (χ0) is 13.8. The predicted octanol–water partition coefficient (Wildman–Crippen LogP) is 0.729. The fourth-order valence-electron chi connectivity index (χ4n) is 1.58. The Bertz CT molecular complexity index is 582. The molecular weight excluding hydrogens is 250 g/mol. The van der Waals surface area contributed by atoms with Crippen molar-refractivity contribution in [2.75, 3.05) is 12.4 Å². The minimum Gasteiger partial charge on any atom is -0.504 e. The van der Waals surface area contributed by atoms with Gasteiger partial charge in [-0.05, 0) is 29.3 Å². The molecule has 8 heteroatoms. The summed E-state index contributed by atoms with van der Waals surface area (Å²) in [5.41, 5.74) is 0.967. The number of aryl methyl sites for hydroxylation is 1. The van der Waals surface area contributed by atoms with Gasteiger partial charge in [-0.15, -0.1) is 5.10 Å².